The van der Waals surface area contributed by atoms with Gasteiger partial charge in [0.05, 0.1) is 7.11 Å². The normalized spacial score (nSPS) is 15.0. The molecule has 3 rings (SSSR count). The lowest BCUT2D eigenvalue weighted by Crippen LogP contribution is -2.49. The van der Waals surface area contributed by atoms with Crippen LogP contribution in [0.1, 0.15) is 0 Å². The molecular weight excluding hydrogens is 282 g/mol. The smallest absolute Gasteiger partial charge is 0.244 e. The second kappa shape index (κ2) is 6.46. The Morgan fingerprint density at radius 1 is 1.27 bits per heavy atom. The number of nitrogens with zero attached hydrogens (tertiary/aromatic N) is 5. The molecule has 0 N–H and O–H groups in total. The van der Waals surface area contributed by atoms with Crippen molar-refractivity contribution in [2.45, 2.75) is 6.54 Å². The Hall–Kier alpha value is -2.57. The van der Waals surface area contributed by atoms with Crippen molar-refractivity contribution in [2.75, 3.05) is 38.2 Å². The largest absolute Gasteiger partial charge is 0.497 e. The van der Waals surface area contributed by atoms with E-state index in [2.05, 4.69) is 21.0 Å². The van der Waals surface area contributed by atoms with Gasteiger partial charge in [-0.25, -0.2) is 9.67 Å². The summed E-state index contributed by atoms with van der Waals surface area (Å²) in [4.78, 5) is 20.2. The highest BCUT2D eigenvalue weighted by molar-refractivity contribution is 5.76. The summed E-state index contributed by atoms with van der Waals surface area (Å²) >= 11 is 0. The first kappa shape index (κ1) is 14.4. The van der Waals surface area contributed by atoms with Crippen LogP contribution in [0.4, 0.5) is 5.69 Å². The summed E-state index contributed by atoms with van der Waals surface area (Å²) in [7, 11) is 1.67. The van der Waals surface area contributed by atoms with E-state index < -0.39 is 0 Å². The van der Waals surface area contributed by atoms with E-state index in [0.717, 1.165) is 24.5 Å². The van der Waals surface area contributed by atoms with Gasteiger partial charge >= 0.3 is 0 Å². The van der Waals surface area contributed by atoms with Crippen LogP contribution in [0.5, 0.6) is 5.75 Å². The number of carbonyl (C=O) groups excluding carboxylic acids is 1. The standard InChI is InChI=1S/C15H19N5O2/c1-22-14-4-2-3-13(9-14)18-5-7-19(8-6-18)15(21)10-20-12-16-11-17-20/h2-4,9,11-12H,5-8,10H2,1H3. The van der Waals surface area contributed by atoms with Crippen LogP contribution in [0.2, 0.25) is 0 Å². The van der Waals surface area contributed by atoms with Crippen LogP contribution in [0.15, 0.2) is 36.9 Å². The number of piperazine rings is 1. The second-order valence-electron chi connectivity index (χ2n) is 5.16. The zero-order valence-electron chi connectivity index (χ0n) is 12.6. The molecule has 1 aliphatic rings. The van der Waals surface area contributed by atoms with Crippen molar-refractivity contribution in [1.29, 1.82) is 0 Å². The maximum Gasteiger partial charge on any atom is 0.244 e. The number of aromatic nitrogens is 3. The molecule has 2 heterocycles. The molecule has 0 aliphatic carbocycles. The van der Waals surface area contributed by atoms with Crippen molar-refractivity contribution in [3.8, 4) is 5.75 Å². The molecule has 0 saturated carbocycles. The molecule has 22 heavy (non-hydrogen) atoms. The molecule has 7 heteroatoms. The number of amides is 1. The molecule has 0 bridgehead atoms. The summed E-state index contributed by atoms with van der Waals surface area (Å²) in [5, 5.41) is 3.97. The number of ether oxygens (including phenoxy) is 1. The van der Waals surface area contributed by atoms with Crippen LogP contribution >= 0.6 is 0 Å². The Morgan fingerprint density at radius 2 is 2.09 bits per heavy atom. The average Bonchev–Trinajstić information content (AvgIpc) is 3.08. The maximum atomic E-state index is 12.2. The van der Waals surface area contributed by atoms with Crippen molar-refractivity contribution in [3.05, 3.63) is 36.9 Å². The Balaban J connectivity index is 1.56. The first-order valence-corrected chi connectivity index (χ1v) is 7.25. The van der Waals surface area contributed by atoms with E-state index in [1.807, 2.05) is 23.1 Å². The van der Waals surface area contributed by atoms with Gasteiger partial charge in [-0.15, -0.1) is 0 Å². The van der Waals surface area contributed by atoms with E-state index >= 15 is 0 Å². The predicted octanol–water partition coefficient (Wildman–Crippen LogP) is 0.635. The molecule has 1 aromatic heterocycles. The Labute approximate surface area is 129 Å². The van der Waals surface area contributed by atoms with E-state index in [-0.39, 0.29) is 12.5 Å². The summed E-state index contributed by atoms with van der Waals surface area (Å²) in [6, 6.07) is 8.00. The summed E-state index contributed by atoms with van der Waals surface area (Å²) in [5.41, 5.74) is 1.13. The summed E-state index contributed by atoms with van der Waals surface area (Å²) < 4.78 is 6.81. The monoisotopic (exact) mass is 301 g/mol. The summed E-state index contributed by atoms with van der Waals surface area (Å²) in [6.45, 7) is 3.31. The van der Waals surface area contributed by atoms with Crippen LogP contribution in [0, 0.1) is 0 Å². The van der Waals surface area contributed by atoms with Crippen LogP contribution in [-0.4, -0.2) is 58.9 Å². The number of hydrogen-bond donors (Lipinski definition) is 0. The number of methoxy groups -OCH3 is 1. The number of rotatable bonds is 4. The van der Waals surface area contributed by atoms with Crippen LogP contribution < -0.4 is 9.64 Å². The third kappa shape index (κ3) is 3.19. The lowest BCUT2D eigenvalue weighted by molar-refractivity contribution is -0.132. The molecule has 0 spiro atoms. The molecule has 0 unspecified atom stereocenters. The molecule has 0 radical (unpaired) electrons. The highest BCUT2D eigenvalue weighted by Gasteiger charge is 2.21. The molecule has 2 aromatic rings. The fraction of sp³-hybridized carbons (Fsp3) is 0.400. The predicted molar refractivity (Wildman–Crippen MR) is 81.8 cm³/mol. The Kier molecular flexibility index (Phi) is 4.22. The van der Waals surface area contributed by atoms with E-state index in [1.165, 1.54) is 6.33 Å². The first-order valence-electron chi connectivity index (χ1n) is 7.25. The fourth-order valence-corrected chi connectivity index (χ4v) is 2.57. The molecule has 7 nitrogen and oxygen atoms in total. The van der Waals surface area contributed by atoms with Gasteiger partial charge < -0.3 is 14.5 Å². The van der Waals surface area contributed by atoms with Gasteiger partial charge in [-0.3, -0.25) is 4.79 Å². The minimum Gasteiger partial charge on any atom is -0.497 e. The molecule has 1 fully saturated rings. The molecule has 1 amide bonds. The van der Waals surface area contributed by atoms with Crippen LogP contribution in [0.25, 0.3) is 0 Å². The quantitative estimate of drug-likeness (QED) is 0.829. The van der Waals surface area contributed by atoms with Crippen molar-refractivity contribution in [1.82, 2.24) is 19.7 Å². The first-order chi connectivity index (χ1) is 10.8. The van der Waals surface area contributed by atoms with E-state index in [0.29, 0.717) is 13.1 Å². The van der Waals surface area contributed by atoms with Crippen molar-refractivity contribution in [3.63, 3.8) is 0 Å². The van der Waals surface area contributed by atoms with Gasteiger partial charge in [0, 0.05) is 37.9 Å². The molecule has 1 aliphatic heterocycles. The minimum absolute atomic E-state index is 0.0794. The molecular formula is C15H19N5O2. The SMILES string of the molecule is COc1cccc(N2CCN(C(=O)Cn3cncn3)CC2)c1. The number of anilines is 1. The third-order valence-corrected chi connectivity index (χ3v) is 3.81. The number of hydrogen-bond acceptors (Lipinski definition) is 5. The van der Waals surface area contributed by atoms with Gasteiger partial charge in [0.1, 0.15) is 24.9 Å². The van der Waals surface area contributed by atoms with E-state index in [1.54, 1.807) is 18.1 Å². The lowest BCUT2D eigenvalue weighted by Gasteiger charge is -2.36. The number of carbonyl (C=O) groups is 1. The van der Waals surface area contributed by atoms with Gasteiger partial charge in [0.2, 0.25) is 5.91 Å². The maximum absolute atomic E-state index is 12.2. The zero-order valence-corrected chi connectivity index (χ0v) is 12.6. The third-order valence-electron chi connectivity index (χ3n) is 3.81. The van der Waals surface area contributed by atoms with E-state index in [4.69, 9.17) is 4.74 Å². The lowest BCUT2D eigenvalue weighted by atomic mass is 10.2. The number of benzene rings is 1. The molecule has 1 saturated heterocycles. The van der Waals surface area contributed by atoms with E-state index in [9.17, 15) is 4.79 Å². The van der Waals surface area contributed by atoms with Gasteiger partial charge in [-0.1, -0.05) is 6.07 Å². The highest BCUT2D eigenvalue weighted by atomic mass is 16.5. The highest BCUT2D eigenvalue weighted by Crippen LogP contribution is 2.22. The fourth-order valence-electron chi connectivity index (χ4n) is 2.57. The Bertz CT molecular complexity index is 621. The Morgan fingerprint density at radius 3 is 2.77 bits per heavy atom. The summed E-state index contributed by atoms with van der Waals surface area (Å²) in [6.07, 6.45) is 3.00. The van der Waals surface area contributed by atoms with Crippen LogP contribution in [0.3, 0.4) is 0 Å². The minimum atomic E-state index is 0.0794. The van der Waals surface area contributed by atoms with Crippen molar-refractivity contribution in [2.24, 2.45) is 0 Å². The summed E-state index contributed by atoms with van der Waals surface area (Å²) in [5.74, 6) is 0.929. The zero-order chi connectivity index (χ0) is 15.4. The molecule has 116 valence electrons. The van der Waals surface area contributed by atoms with Gasteiger partial charge in [0.25, 0.3) is 0 Å². The molecule has 1 aromatic carbocycles. The topological polar surface area (TPSA) is 63.5 Å². The second-order valence-corrected chi connectivity index (χ2v) is 5.16. The van der Waals surface area contributed by atoms with Crippen molar-refractivity contribution >= 4 is 11.6 Å². The van der Waals surface area contributed by atoms with Crippen molar-refractivity contribution < 1.29 is 9.53 Å². The van der Waals surface area contributed by atoms with Crippen LogP contribution in [-0.2, 0) is 11.3 Å². The molecule has 0 atom stereocenters. The van der Waals surface area contributed by atoms with Gasteiger partial charge in [0.15, 0.2) is 0 Å². The average molecular weight is 301 g/mol. The van der Waals surface area contributed by atoms with Gasteiger partial charge in [-0.05, 0) is 12.1 Å². The van der Waals surface area contributed by atoms with Gasteiger partial charge in [-0.2, -0.15) is 5.10 Å².